The second kappa shape index (κ2) is 4.30. The van der Waals surface area contributed by atoms with Crippen LogP contribution in [-0.4, -0.2) is 42.7 Å². The third kappa shape index (κ3) is 4.95. The van der Waals surface area contributed by atoms with Crippen LogP contribution in [-0.2, 0) is 14.6 Å². The van der Waals surface area contributed by atoms with E-state index in [9.17, 15) is 13.2 Å². The van der Waals surface area contributed by atoms with Gasteiger partial charge in [0.25, 0.3) is 0 Å². The molecule has 0 unspecified atom stereocenters. The summed E-state index contributed by atoms with van der Waals surface area (Å²) in [5.74, 6) is -1.87. The average Bonchev–Trinajstić information content (AvgIpc) is 1.83. The van der Waals surface area contributed by atoms with E-state index in [1.54, 1.807) is 0 Å². The molecule has 1 atom stereocenters. The molecule has 1 N–H and O–H groups in total. The van der Waals surface area contributed by atoms with Crippen molar-refractivity contribution >= 4 is 33.2 Å². The molecule has 0 aromatic carbocycles. The Morgan fingerprint density at radius 2 is 2.25 bits per heavy atom. The molecule has 0 spiro atoms. The van der Waals surface area contributed by atoms with E-state index in [1.807, 2.05) is 5.16 Å². The molecule has 5 nitrogen and oxygen atoms in total. The Labute approximate surface area is 75.0 Å². The van der Waals surface area contributed by atoms with Crippen LogP contribution < -0.4 is 0 Å². The normalized spacial score (nSPS) is 13.1. The third-order valence-electron chi connectivity index (χ3n) is 0.954. The molecule has 12 heavy (non-hydrogen) atoms. The van der Waals surface area contributed by atoms with Crippen molar-refractivity contribution in [3.8, 4) is 0 Å². The minimum absolute atomic E-state index is 0.550. The zero-order valence-electron chi connectivity index (χ0n) is 6.22. The molecule has 0 amide bonds. The van der Waals surface area contributed by atoms with Gasteiger partial charge >= 0.3 is 5.97 Å². The van der Waals surface area contributed by atoms with Crippen molar-refractivity contribution in [2.45, 2.75) is 6.04 Å². The summed E-state index contributed by atoms with van der Waals surface area (Å²) >= 11 is 4.16. The highest BCUT2D eigenvalue weighted by atomic mass is 32.2. The topological polar surface area (TPSA) is 83.8 Å². The van der Waals surface area contributed by atoms with E-state index >= 15 is 0 Å². The quantitative estimate of drug-likeness (QED) is 0.502. The monoisotopic (exact) mass is 209 g/mol. The van der Waals surface area contributed by atoms with E-state index in [2.05, 4.69) is 17.2 Å². The first kappa shape index (κ1) is 11.2. The smallest absolute Gasteiger partial charge is 0.330 e. The number of hydrogen-bond acceptors (Lipinski definition) is 5. The largest absolute Gasteiger partial charge is 0.480 e. The molecule has 0 saturated carbocycles. The molecule has 0 radical (unpaired) electrons. The molecule has 68 valence electrons. The molecule has 0 aliphatic heterocycles. The van der Waals surface area contributed by atoms with Crippen molar-refractivity contribution in [1.82, 2.24) is 0 Å². The first-order chi connectivity index (χ1) is 5.37. The molecule has 0 heterocycles. The van der Waals surface area contributed by atoms with E-state index in [-0.39, 0.29) is 0 Å². The van der Waals surface area contributed by atoms with Gasteiger partial charge in [-0.2, -0.15) is 0 Å². The molecule has 7 heteroatoms. The summed E-state index contributed by atoms with van der Waals surface area (Å²) in [4.78, 5) is 13.5. The van der Waals surface area contributed by atoms with Crippen LogP contribution in [0.3, 0.4) is 0 Å². The van der Waals surface area contributed by atoms with Gasteiger partial charge in [-0.1, -0.05) is 0 Å². The van der Waals surface area contributed by atoms with Crippen molar-refractivity contribution in [3.05, 3.63) is 0 Å². The van der Waals surface area contributed by atoms with Crippen LogP contribution in [0.4, 0.5) is 0 Å². The Bertz CT molecular complexity index is 312. The molecular formula is C5H7NO4S2. The van der Waals surface area contributed by atoms with E-state index in [4.69, 9.17) is 5.11 Å². The second-order valence-electron chi connectivity index (χ2n) is 2.17. The van der Waals surface area contributed by atoms with Gasteiger partial charge in [-0.15, -0.1) is 0 Å². The summed E-state index contributed by atoms with van der Waals surface area (Å²) in [5.41, 5.74) is 0. The van der Waals surface area contributed by atoms with Gasteiger partial charge < -0.3 is 5.11 Å². The van der Waals surface area contributed by atoms with Gasteiger partial charge in [0.1, 0.15) is 9.84 Å². The number of hydrogen-bond donors (Lipinski definition) is 1. The molecule has 0 bridgehead atoms. The van der Waals surface area contributed by atoms with Gasteiger partial charge in [-0.25, -0.2) is 18.2 Å². The maximum atomic E-state index is 10.6. The number of sulfone groups is 1. The van der Waals surface area contributed by atoms with Crippen LogP contribution in [0.25, 0.3) is 0 Å². The molecular weight excluding hydrogens is 202 g/mol. The van der Waals surface area contributed by atoms with Gasteiger partial charge in [0.15, 0.2) is 6.04 Å². The van der Waals surface area contributed by atoms with Crippen LogP contribution >= 0.6 is 12.2 Å². The summed E-state index contributed by atoms with van der Waals surface area (Å²) in [5, 5.41) is 10.3. The molecule has 0 rings (SSSR count). The van der Waals surface area contributed by atoms with E-state index in [1.165, 1.54) is 0 Å². The first-order valence-electron chi connectivity index (χ1n) is 2.84. The van der Waals surface area contributed by atoms with Crippen molar-refractivity contribution in [2.75, 3.05) is 12.0 Å². The highest BCUT2D eigenvalue weighted by Gasteiger charge is 2.20. The van der Waals surface area contributed by atoms with E-state index < -0.39 is 27.6 Å². The standard InChI is InChI=1S/C5H7NO4S2/c1-12(9,10)2-4(5(7)8)6-3-11/h4H,2H2,1H3,(H,7,8)/t4-/m0/s1. The number of isothiocyanates is 1. The highest BCUT2D eigenvalue weighted by Crippen LogP contribution is 1.95. The van der Waals surface area contributed by atoms with E-state index in [0.717, 1.165) is 6.26 Å². The summed E-state index contributed by atoms with van der Waals surface area (Å²) < 4.78 is 21.3. The number of carboxylic acids is 1. The molecule has 0 aliphatic carbocycles. The Kier molecular flexibility index (Phi) is 4.02. The number of aliphatic imine (C=N–C) groups is 1. The number of nitrogens with zero attached hydrogens (tertiary/aromatic N) is 1. The Morgan fingerprint density at radius 3 is 2.50 bits per heavy atom. The van der Waals surface area contributed by atoms with Gasteiger partial charge in [-0.3, -0.25) is 0 Å². The lowest BCUT2D eigenvalue weighted by Gasteiger charge is -2.02. The fourth-order valence-electron chi connectivity index (χ4n) is 0.514. The van der Waals surface area contributed by atoms with Crippen LogP contribution in [0.5, 0.6) is 0 Å². The maximum Gasteiger partial charge on any atom is 0.330 e. The first-order valence-corrected chi connectivity index (χ1v) is 5.31. The number of carbonyl (C=O) groups is 1. The highest BCUT2D eigenvalue weighted by molar-refractivity contribution is 7.90. The number of carboxylic acid groups (broad SMARTS) is 1. The molecule has 0 aromatic heterocycles. The maximum absolute atomic E-state index is 10.6. The van der Waals surface area contributed by atoms with Crippen LogP contribution in [0.2, 0.25) is 0 Å². The van der Waals surface area contributed by atoms with Crippen molar-refractivity contribution in [1.29, 1.82) is 0 Å². The number of aliphatic carboxylic acids is 1. The lowest BCUT2D eigenvalue weighted by atomic mass is 10.4. The predicted molar refractivity (Wildman–Crippen MR) is 46.2 cm³/mol. The van der Waals surface area contributed by atoms with Crippen LogP contribution in [0.15, 0.2) is 4.99 Å². The molecule has 0 fully saturated rings. The van der Waals surface area contributed by atoms with Gasteiger partial charge in [0.05, 0.1) is 10.9 Å². The number of rotatable bonds is 4. The number of thiocarbonyl (C=S) groups is 1. The lowest BCUT2D eigenvalue weighted by molar-refractivity contribution is -0.137. The predicted octanol–water partition coefficient (Wildman–Crippen LogP) is -0.413. The summed E-state index contributed by atoms with van der Waals surface area (Å²) in [6.07, 6.45) is 0.932. The Hall–Kier alpha value is -0.780. The lowest BCUT2D eigenvalue weighted by Crippen LogP contribution is -2.26. The SMILES string of the molecule is CS(=O)(=O)C[C@H](N=C=S)C(=O)O. The Balaban J connectivity index is 4.56. The third-order valence-corrected chi connectivity index (χ3v) is 1.98. The van der Waals surface area contributed by atoms with Gasteiger partial charge in [0, 0.05) is 6.26 Å². The van der Waals surface area contributed by atoms with Crippen molar-refractivity contribution in [3.63, 3.8) is 0 Å². The summed E-state index contributed by atoms with van der Waals surface area (Å²) in [6.45, 7) is 0. The van der Waals surface area contributed by atoms with Gasteiger partial charge in [0.2, 0.25) is 0 Å². The second-order valence-corrected chi connectivity index (χ2v) is 4.53. The van der Waals surface area contributed by atoms with Crippen LogP contribution in [0.1, 0.15) is 0 Å². The van der Waals surface area contributed by atoms with Gasteiger partial charge in [-0.05, 0) is 12.2 Å². The van der Waals surface area contributed by atoms with E-state index in [0.29, 0.717) is 0 Å². The summed E-state index contributed by atoms with van der Waals surface area (Å²) in [7, 11) is -3.35. The van der Waals surface area contributed by atoms with Crippen molar-refractivity contribution < 1.29 is 18.3 Å². The zero-order valence-corrected chi connectivity index (χ0v) is 7.85. The van der Waals surface area contributed by atoms with Crippen LogP contribution in [0, 0.1) is 0 Å². The molecule has 0 aromatic rings. The molecule has 0 aliphatic rings. The average molecular weight is 209 g/mol. The fourth-order valence-corrected chi connectivity index (χ4v) is 1.43. The van der Waals surface area contributed by atoms with Crippen molar-refractivity contribution in [2.24, 2.45) is 4.99 Å². The fraction of sp³-hybridized carbons (Fsp3) is 0.600. The minimum Gasteiger partial charge on any atom is -0.480 e. The summed E-state index contributed by atoms with van der Waals surface area (Å²) in [6, 6.07) is -1.34. The zero-order chi connectivity index (χ0) is 9.78. The Morgan fingerprint density at radius 1 is 1.75 bits per heavy atom. The minimum atomic E-state index is -3.35. The molecule has 0 saturated heterocycles.